The summed E-state index contributed by atoms with van der Waals surface area (Å²) < 4.78 is 16.2. The first kappa shape index (κ1) is 15.7. The van der Waals surface area contributed by atoms with Crippen LogP contribution < -0.4 is 0 Å². The second-order valence-corrected chi connectivity index (χ2v) is 6.77. The van der Waals surface area contributed by atoms with Crippen LogP contribution >= 0.6 is 27.5 Å². The van der Waals surface area contributed by atoms with Crippen molar-refractivity contribution in [1.82, 2.24) is 14.5 Å². The van der Waals surface area contributed by atoms with Gasteiger partial charge in [0.1, 0.15) is 11.6 Å². The smallest absolute Gasteiger partial charge is 0.139 e. The molecule has 2 rings (SSSR count). The van der Waals surface area contributed by atoms with Gasteiger partial charge in [-0.25, -0.2) is 9.37 Å². The van der Waals surface area contributed by atoms with Crippen LogP contribution in [0.2, 0.25) is 0 Å². The highest BCUT2D eigenvalue weighted by Gasteiger charge is 2.18. The van der Waals surface area contributed by atoms with Crippen LogP contribution in [0.25, 0.3) is 11.0 Å². The molecular weight excluding hydrogens is 345 g/mol. The van der Waals surface area contributed by atoms with E-state index in [1.165, 1.54) is 6.07 Å². The van der Waals surface area contributed by atoms with Gasteiger partial charge in [0.25, 0.3) is 0 Å². The Morgan fingerprint density at radius 2 is 2.05 bits per heavy atom. The first-order valence-corrected chi connectivity index (χ1v) is 7.70. The number of nitrogens with zero attached hydrogens (tertiary/aromatic N) is 3. The standard InChI is InChI=1S/C14H18BrClFN3/c1-8(19(3)4)7-20-13-5-10(15)11(17)6-12(13)18-14(20)9(2)16/h5-6,8-9H,7H2,1-4H3. The highest BCUT2D eigenvalue weighted by molar-refractivity contribution is 9.10. The number of hydrogen-bond donors (Lipinski definition) is 0. The molecule has 0 spiro atoms. The van der Waals surface area contributed by atoms with E-state index in [1.54, 1.807) is 6.07 Å². The molecule has 0 saturated heterocycles. The highest BCUT2D eigenvalue weighted by atomic mass is 79.9. The Balaban J connectivity index is 2.59. The first-order chi connectivity index (χ1) is 9.31. The summed E-state index contributed by atoms with van der Waals surface area (Å²) in [5.74, 6) is 0.462. The van der Waals surface area contributed by atoms with Crippen LogP contribution in [0.15, 0.2) is 16.6 Å². The lowest BCUT2D eigenvalue weighted by atomic mass is 10.2. The van der Waals surface area contributed by atoms with Crippen LogP contribution in [0.1, 0.15) is 25.0 Å². The number of alkyl halides is 1. The molecule has 0 N–H and O–H groups in total. The predicted octanol–water partition coefficient (Wildman–Crippen LogP) is 4.19. The van der Waals surface area contributed by atoms with E-state index >= 15 is 0 Å². The molecule has 3 nitrogen and oxygen atoms in total. The lowest BCUT2D eigenvalue weighted by molar-refractivity contribution is 0.284. The molecular formula is C14H18BrClFN3. The summed E-state index contributed by atoms with van der Waals surface area (Å²) in [5.41, 5.74) is 1.54. The Kier molecular flexibility index (Phi) is 4.72. The fourth-order valence-electron chi connectivity index (χ4n) is 2.06. The van der Waals surface area contributed by atoms with Gasteiger partial charge in [-0.05, 0) is 49.9 Å². The van der Waals surface area contributed by atoms with Gasteiger partial charge in [-0.3, -0.25) is 0 Å². The molecule has 0 aliphatic heterocycles. The third kappa shape index (κ3) is 3.00. The van der Waals surface area contributed by atoms with Gasteiger partial charge in [0.05, 0.1) is 20.9 Å². The van der Waals surface area contributed by atoms with Crippen molar-refractivity contribution in [3.05, 3.63) is 28.2 Å². The average Bonchev–Trinajstić information content (AvgIpc) is 2.68. The van der Waals surface area contributed by atoms with Gasteiger partial charge in [-0.2, -0.15) is 0 Å². The van der Waals surface area contributed by atoms with Crippen molar-refractivity contribution in [1.29, 1.82) is 0 Å². The number of fused-ring (bicyclic) bond motifs is 1. The summed E-state index contributed by atoms with van der Waals surface area (Å²) >= 11 is 9.45. The third-order valence-corrected chi connectivity index (χ3v) is 4.31. The van der Waals surface area contributed by atoms with E-state index in [9.17, 15) is 4.39 Å². The second kappa shape index (κ2) is 6.00. The van der Waals surface area contributed by atoms with Gasteiger partial charge in [0.15, 0.2) is 0 Å². The number of hydrogen-bond acceptors (Lipinski definition) is 2. The maximum Gasteiger partial charge on any atom is 0.139 e. The number of rotatable bonds is 4. The molecule has 1 aromatic carbocycles. The van der Waals surface area contributed by atoms with E-state index in [-0.39, 0.29) is 11.2 Å². The van der Waals surface area contributed by atoms with Gasteiger partial charge < -0.3 is 9.47 Å². The maximum atomic E-state index is 13.6. The molecule has 2 atom stereocenters. The summed E-state index contributed by atoms with van der Waals surface area (Å²) in [5, 5.41) is -0.224. The number of likely N-dealkylation sites (N-methyl/N-ethyl adjacent to an activating group) is 1. The minimum Gasteiger partial charge on any atom is -0.325 e. The molecule has 0 bridgehead atoms. The molecule has 2 unspecified atom stereocenters. The minimum atomic E-state index is -0.309. The molecule has 0 saturated carbocycles. The van der Waals surface area contributed by atoms with Crippen molar-refractivity contribution in [2.75, 3.05) is 14.1 Å². The van der Waals surface area contributed by atoms with Crippen LogP contribution in [-0.4, -0.2) is 34.6 Å². The van der Waals surface area contributed by atoms with Crippen molar-refractivity contribution < 1.29 is 4.39 Å². The van der Waals surface area contributed by atoms with Gasteiger partial charge in [0, 0.05) is 18.7 Å². The lowest BCUT2D eigenvalue weighted by Crippen LogP contribution is -2.29. The molecule has 6 heteroatoms. The first-order valence-electron chi connectivity index (χ1n) is 6.47. The maximum absolute atomic E-state index is 13.6. The molecule has 2 aromatic rings. The highest BCUT2D eigenvalue weighted by Crippen LogP contribution is 2.28. The topological polar surface area (TPSA) is 21.1 Å². The lowest BCUT2D eigenvalue weighted by Gasteiger charge is -2.22. The fourth-order valence-corrected chi connectivity index (χ4v) is 2.56. The predicted molar refractivity (Wildman–Crippen MR) is 84.8 cm³/mol. The van der Waals surface area contributed by atoms with E-state index in [0.717, 1.165) is 17.9 Å². The van der Waals surface area contributed by atoms with Gasteiger partial charge >= 0.3 is 0 Å². The average molecular weight is 363 g/mol. The fraction of sp³-hybridized carbons (Fsp3) is 0.500. The molecule has 20 heavy (non-hydrogen) atoms. The van der Waals surface area contributed by atoms with E-state index < -0.39 is 0 Å². The number of imidazole rings is 1. The molecule has 1 heterocycles. The normalized spacial score (nSPS) is 15.0. The largest absolute Gasteiger partial charge is 0.325 e. The van der Waals surface area contributed by atoms with Crippen LogP contribution in [0, 0.1) is 5.82 Å². The summed E-state index contributed by atoms with van der Waals surface area (Å²) in [7, 11) is 4.06. The van der Waals surface area contributed by atoms with Crippen molar-refractivity contribution in [2.45, 2.75) is 31.8 Å². The second-order valence-electron chi connectivity index (χ2n) is 5.26. The zero-order chi connectivity index (χ0) is 15.0. The van der Waals surface area contributed by atoms with Crippen LogP contribution in [0.4, 0.5) is 4.39 Å². The molecule has 0 fully saturated rings. The van der Waals surface area contributed by atoms with E-state index in [2.05, 4.69) is 37.3 Å². The minimum absolute atomic E-state index is 0.224. The van der Waals surface area contributed by atoms with Crippen molar-refractivity contribution in [2.24, 2.45) is 0 Å². The van der Waals surface area contributed by atoms with Crippen LogP contribution in [-0.2, 0) is 6.54 Å². The number of halogens is 3. The Morgan fingerprint density at radius 3 is 2.60 bits per heavy atom. The van der Waals surface area contributed by atoms with Gasteiger partial charge in [-0.1, -0.05) is 0 Å². The number of aromatic nitrogens is 2. The zero-order valence-electron chi connectivity index (χ0n) is 12.0. The molecule has 1 aromatic heterocycles. The molecule has 110 valence electrons. The van der Waals surface area contributed by atoms with Gasteiger partial charge in [0.2, 0.25) is 0 Å². The van der Waals surface area contributed by atoms with Crippen molar-refractivity contribution in [3.8, 4) is 0 Å². The molecule has 0 amide bonds. The Morgan fingerprint density at radius 1 is 1.40 bits per heavy atom. The van der Waals surface area contributed by atoms with Crippen molar-refractivity contribution >= 4 is 38.6 Å². The van der Waals surface area contributed by atoms with Gasteiger partial charge in [-0.15, -0.1) is 11.6 Å². The quantitative estimate of drug-likeness (QED) is 0.761. The summed E-state index contributed by atoms with van der Waals surface area (Å²) in [6, 6.07) is 3.53. The van der Waals surface area contributed by atoms with E-state index in [4.69, 9.17) is 11.6 Å². The van der Waals surface area contributed by atoms with Crippen molar-refractivity contribution in [3.63, 3.8) is 0 Å². The molecule has 0 radical (unpaired) electrons. The summed E-state index contributed by atoms with van der Waals surface area (Å²) in [6.45, 7) is 4.77. The third-order valence-electron chi connectivity index (χ3n) is 3.50. The molecule has 0 aliphatic rings. The monoisotopic (exact) mass is 361 g/mol. The molecule has 0 aliphatic carbocycles. The SMILES string of the molecule is CC(Cl)c1nc2cc(F)c(Br)cc2n1CC(C)N(C)C. The van der Waals surface area contributed by atoms with E-state index in [0.29, 0.717) is 16.0 Å². The van der Waals surface area contributed by atoms with Crippen LogP contribution in [0.3, 0.4) is 0 Å². The Bertz CT molecular complexity index is 624. The Labute approximate surface area is 131 Å². The Hall–Kier alpha value is -0.650. The number of benzene rings is 1. The zero-order valence-corrected chi connectivity index (χ0v) is 14.3. The van der Waals surface area contributed by atoms with Crippen LogP contribution in [0.5, 0.6) is 0 Å². The van der Waals surface area contributed by atoms with E-state index in [1.807, 2.05) is 21.0 Å². The summed E-state index contributed by atoms with van der Waals surface area (Å²) in [6.07, 6.45) is 0. The summed E-state index contributed by atoms with van der Waals surface area (Å²) in [4.78, 5) is 6.61.